The van der Waals surface area contributed by atoms with E-state index in [9.17, 15) is 9.32 Å². The molecule has 0 spiro atoms. The maximum atomic E-state index is 12.0. The number of hydrogen-bond donors (Lipinski definition) is 3. The topological polar surface area (TPSA) is 90.4 Å². The van der Waals surface area contributed by atoms with Crippen molar-refractivity contribution in [1.29, 1.82) is 0 Å². The van der Waals surface area contributed by atoms with E-state index in [1.807, 2.05) is 0 Å². The number of anilines is 1. The number of hydrogen-bond acceptors (Lipinski definition) is 5. The average molecular weight is 416 g/mol. The van der Waals surface area contributed by atoms with Crippen molar-refractivity contribution < 1.29 is 9.32 Å². The third-order valence-electron chi connectivity index (χ3n) is 4.14. The number of aryl methyl sites for hydroxylation is 1. The molecule has 1 aromatic heterocycles. The van der Waals surface area contributed by atoms with Crippen LogP contribution in [-0.2, 0) is 11.2 Å². The van der Waals surface area contributed by atoms with Crippen LogP contribution in [0.4, 0.5) is 11.4 Å². The lowest BCUT2D eigenvalue weighted by molar-refractivity contribution is 0.307. The summed E-state index contributed by atoms with van der Waals surface area (Å²) in [5.41, 5.74) is 0.291. The molecule has 0 fully saturated rings. The first-order valence-corrected chi connectivity index (χ1v) is 10.5. The first kappa shape index (κ1) is 20.0. The Morgan fingerprint density at radius 1 is 1.21 bits per heavy atom. The Bertz CT molecular complexity index is 1030. The largest absolute Gasteiger partial charge is 0.517 e. The number of aromatic hydroxyl groups is 1. The zero-order valence-electron chi connectivity index (χ0n) is 16.0. The van der Waals surface area contributed by atoms with Gasteiger partial charge < -0.3 is 15.7 Å². The van der Waals surface area contributed by atoms with Crippen LogP contribution in [0.1, 0.15) is 36.6 Å². The fourth-order valence-electron chi connectivity index (χ4n) is 2.75. The molecule has 1 aliphatic rings. The van der Waals surface area contributed by atoms with Crippen molar-refractivity contribution in [1.82, 2.24) is 5.32 Å². The second-order valence-corrected chi connectivity index (χ2v) is 9.56. The van der Waals surface area contributed by atoms with Gasteiger partial charge in [0.15, 0.2) is 11.7 Å². The van der Waals surface area contributed by atoms with E-state index >= 15 is 0 Å². The van der Waals surface area contributed by atoms with E-state index in [4.69, 9.17) is 6.57 Å². The van der Waals surface area contributed by atoms with Gasteiger partial charge in [-0.15, -0.1) is 20.1 Å². The van der Waals surface area contributed by atoms with Crippen LogP contribution >= 0.6 is 11.3 Å². The Hall–Kier alpha value is -2.70. The molecule has 0 aliphatic carbocycles. The lowest BCUT2D eigenvalue weighted by Gasteiger charge is -2.31. The number of amidine groups is 2. The lowest BCUT2D eigenvalue weighted by Crippen LogP contribution is -2.41. The molecule has 0 saturated heterocycles. The van der Waals surface area contributed by atoms with Crippen molar-refractivity contribution in [2.24, 2.45) is 14.2 Å². The van der Waals surface area contributed by atoms with Crippen LogP contribution in [0.25, 0.3) is 4.85 Å². The second-order valence-electron chi connectivity index (χ2n) is 7.41. The van der Waals surface area contributed by atoms with E-state index < -0.39 is 11.2 Å². The molecule has 3 N–H and O–H groups in total. The molecule has 1 unspecified atom stereocenters. The van der Waals surface area contributed by atoms with Gasteiger partial charge in [0.2, 0.25) is 5.69 Å². The summed E-state index contributed by atoms with van der Waals surface area (Å²) in [5.74, 6) is 0.439. The Morgan fingerprint density at radius 2 is 1.93 bits per heavy atom. The molecule has 0 bridgehead atoms. The predicted molar refractivity (Wildman–Crippen MR) is 115 cm³/mol. The number of benzene rings is 1. The molecular formula is C19H21N5O2S2. The molecule has 0 saturated carbocycles. The Morgan fingerprint density at radius 3 is 2.54 bits per heavy atom. The molecule has 1 aliphatic heterocycles. The maximum absolute atomic E-state index is 12.0. The van der Waals surface area contributed by atoms with Crippen molar-refractivity contribution in [3.63, 3.8) is 0 Å². The molecule has 146 valence electrons. The van der Waals surface area contributed by atoms with E-state index in [1.165, 1.54) is 10.9 Å². The van der Waals surface area contributed by atoms with Crippen LogP contribution in [-0.4, -0.2) is 21.0 Å². The highest BCUT2D eigenvalue weighted by atomic mass is 32.2. The molecule has 2 atom stereocenters. The van der Waals surface area contributed by atoms with E-state index in [0.29, 0.717) is 11.5 Å². The van der Waals surface area contributed by atoms with Gasteiger partial charge in [-0.25, -0.2) is 9.05 Å². The fraction of sp³-hybridized carbons (Fsp3) is 0.316. The van der Waals surface area contributed by atoms with Crippen molar-refractivity contribution >= 4 is 45.6 Å². The highest BCUT2D eigenvalue weighted by Gasteiger charge is 2.31. The summed E-state index contributed by atoms with van der Waals surface area (Å²) in [6, 6.07) is 8.86. The monoisotopic (exact) mass is 415 g/mol. The second kappa shape index (κ2) is 7.73. The minimum absolute atomic E-state index is 0.0739. The van der Waals surface area contributed by atoms with Crippen molar-refractivity contribution in [3.05, 3.63) is 51.5 Å². The van der Waals surface area contributed by atoms with Gasteiger partial charge in [-0.05, 0) is 30.5 Å². The number of thiophene rings is 1. The number of phenolic OH excluding ortho intramolecular Hbond substituents is 1. The number of nitrogens with zero attached hydrogens (tertiary/aromatic N) is 3. The van der Waals surface area contributed by atoms with E-state index in [-0.39, 0.29) is 28.7 Å². The smallest absolute Gasteiger partial charge is 0.269 e. The van der Waals surface area contributed by atoms with E-state index in [1.54, 1.807) is 23.5 Å². The minimum Gasteiger partial charge on any atom is -0.517 e. The van der Waals surface area contributed by atoms with Gasteiger partial charge in [0.1, 0.15) is 5.75 Å². The van der Waals surface area contributed by atoms with Crippen LogP contribution in [0.5, 0.6) is 5.75 Å². The molecule has 9 heteroatoms. The minimum atomic E-state index is -1.75. The molecule has 0 radical (unpaired) electrons. The summed E-state index contributed by atoms with van der Waals surface area (Å²) >= 11 is -0.0600. The van der Waals surface area contributed by atoms with E-state index in [2.05, 4.69) is 64.1 Å². The van der Waals surface area contributed by atoms with Crippen LogP contribution in [0.2, 0.25) is 0 Å². The standard InChI is InChI=1S/C19H21N5O2S2/c1-11-9-10-14(27-11)16(19(2,3)4)22-18-17(23-28(26)24-18)21-13-8-6-7-12(20-5)15(13)25/h6-10,16,25H,1-4H3,(H,21,23)(H,22,24)/t16-,28?/m0/s1. The average Bonchev–Trinajstić information content (AvgIpc) is 3.19. The molecular weight excluding hydrogens is 394 g/mol. The fourth-order valence-corrected chi connectivity index (χ4v) is 4.55. The normalized spacial score (nSPS) is 17.5. The third kappa shape index (κ3) is 4.24. The molecule has 2 aromatic rings. The van der Waals surface area contributed by atoms with Crippen molar-refractivity contribution in [3.8, 4) is 5.75 Å². The summed E-state index contributed by atoms with van der Waals surface area (Å²) in [5, 5.41) is 16.5. The Labute approximate surface area is 170 Å². The van der Waals surface area contributed by atoms with Crippen molar-refractivity contribution in [2.45, 2.75) is 33.7 Å². The molecule has 2 heterocycles. The number of nitrogens with one attached hydrogen (secondary N) is 2. The zero-order chi connectivity index (χ0) is 20.5. The van der Waals surface area contributed by atoms with Gasteiger partial charge in [-0.2, -0.15) is 0 Å². The van der Waals surface area contributed by atoms with Gasteiger partial charge in [-0.1, -0.05) is 32.9 Å². The van der Waals surface area contributed by atoms with Crippen LogP contribution < -0.4 is 10.6 Å². The van der Waals surface area contributed by atoms with Gasteiger partial charge in [0, 0.05) is 9.75 Å². The summed E-state index contributed by atoms with van der Waals surface area (Å²) in [4.78, 5) is 5.62. The first-order chi connectivity index (χ1) is 13.2. The van der Waals surface area contributed by atoms with E-state index in [0.717, 1.165) is 4.88 Å². The summed E-state index contributed by atoms with van der Waals surface area (Å²) in [6.07, 6.45) is 0. The first-order valence-electron chi connectivity index (χ1n) is 8.58. The lowest BCUT2D eigenvalue weighted by atomic mass is 9.85. The highest BCUT2D eigenvalue weighted by molar-refractivity contribution is 7.83. The van der Waals surface area contributed by atoms with Gasteiger partial charge in [0.05, 0.1) is 18.3 Å². The van der Waals surface area contributed by atoms with Gasteiger partial charge in [0.25, 0.3) is 11.2 Å². The zero-order valence-corrected chi connectivity index (χ0v) is 17.6. The SMILES string of the molecule is [C-]#[N+]c1cccc(NC2=NS(=O)N=C2N[C@@H](c2ccc(C)s2)C(C)(C)C)c1O. The van der Waals surface area contributed by atoms with Gasteiger partial charge >= 0.3 is 0 Å². The Kier molecular flexibility index (Phi) is 5.54. The molecule has 1 aromatic carbocycles. The quantitative estimate of drug-likeness (QED) is 0.509. The number of para-hydroxylation sites is 1. The predicted octanol–water partition coefficient (Wildman–Crippen LogP) is 4.49. The molecule has 28 heavy (non-hydrogen) atoms. The summed E-state index contributed by atoms with van der Waals surface area (Å²) < 4.78 is 20.1. The summed E-state index contributed by atoms with van der Waals surface area (Å²) in [7, 11) is 0. The van der Waals surface area contributed by atoms with Crippen LogP contribution in [0.3, 0.4) is 0 Å². The molecule has 0 amide bonds. The number of phenols is 1. The molecule has 3 rings (SSSR count). The molecule has 7 nitrogen and oxygen atoms in total. The summed E-state index contributed by atoms with van der Waals surface area (Å²) in [6.45, 7) is 15.5. The van der Waals surface area contributed by atoms with Crippen LogP contribution in [0.15, 0.2) is 39.1 Å². The number of rotatable bonds is 3. The third-order valence-corrected chi connectivity index (χ3v) is 5.89. The maximum Gasteiger partial charge on any atom is 0.269 e. The Balaban J connectivity index is 1.89. The van der Waals surface area contributed by atoms with Crippen LogP contribution in [0, 0.1) is 18.9 Å². The van der Waals surface area contributed by atoms with Crippen molar-refractivity contribution in [2.75, 3.05) is 5.32 Å². The highest BCUT2D eigenvalue weighted by Crippen LogP contribution is 2.37. The van der Waals surface area contributed by atoms with Gasteiger partial charge in [-0.3, -0.25) is 0 Å².